The summed E-state index contributed by atoms with van der Waals surface area (Å²) in [6.45, 7) is 2.39. The van der Waals surface area contributed by atoms with Gasteiger partial charge in [0.1, 0.15) is 5.75 Å². The van der Waals surface area contributed by atoms with Gasteiger partial charge in [0.2, 0.25) is 0 Å². The van der Waals surface area contributed by atoms with Crippen molar-refractivity contribution >= 4 is 27.3 Å². The Bertz CT molecular complexity index is 1320. The van der Waals surface area contributed by atoms with Crippen LogP contribution in [0.2, 0.25) is 5.02 Å². The monoisotopic (exact) mass is 474 g/mol. The molecule has 2 aromatic heterocycles. The summed E-state index contributed by atoms with van der Waals surface area (Å²) >= 11 is 6.38. The Balaban J connectivity index is 1.72. The molecular formula is C22H23ClN4O4S. The number of ether oxygens (including phenoxy) is 1. The van der Waals surface area contributed by atoms with Crippen molar-refractivity contribution < 1.29 is 17.9 Å². The van der Waals surface area contributed by atoms with Crippen molar-refractivity contribution in [2.75, 3.05) is 19.9 Å². The van der Waals surface area contributed by atoms with Crippen molar-refractivity contribution in [1.29, 1.82) is 0 Å². The van der Waals surface area contributed by atoms with Gasteiger partial charge in [-0.25, -0.2) is 8.42 Å². The number of fused-ring (bicyclic) bond motifs is 1. The number of hydrogen-bond donors (Lipinski definition) is 0. The van der Waals surface area contributed by atoms with Gasteiger partial charge >= 0.3 is 0 Å². The van der Waals surface area contributed by atoms with Gasteiger partial charge in [0, 0.05) is 43.4 Å². The second kappa shape index (κ2) is 8.22. The molecule has 1 aliphatic heterocycles. The van der Waals surface area contributed by atoms with E-state index in [1.165, 1.54) is 13.3 Å². The number of hydrogen-bond acceptors (Lipinski definition) is 6. The van der Waals surface area contributed by atoms with E-state index in [0.717, 1.165) is 23.2 Å². The Hall–Kier alpha value is -2.91. The Morgan fingerprint density at radius 3 is 2.72 bits per heavy atom. The first-order chi connectivity index (χ1) is 15.1. The number of carbonyl (C=O) groups excluding carboxylic acids is 1. The van der Waals surface area contributed by atoms with E-state index in [9.17, 15) is 13.2 Å². The summed E-state index contributed by atoms with van der Waals surface area (Å²) in [6.07, 6.45) is 4.69. The number of aryl methyl sites for hydroxylation is 1. The Morgan fingerprint density at radius 1 is 1.28 bits per heavy atom. The molecule has 4 rings (SSSR count). The number of nitrogens with zero attached hydrogens (tertiary/aromatic N) is 4. The van der Waals surface area contributed by atoms with Crippen molar-refractivity contribution in [3.05, 3.63) is 58.5 Å². The smallest absolute Gasteiger partial charge is 0.256 e. The van der Waals surface area contributed by atoms with Gasteiger partial charge in [-0.2, -0.15) is 5.10 Å². The zero-order valence-corrected chi connectivity index (χ0v) is 19.7. The standard InChI is InChI=1S/C22H23ClN4O4S/c1-13-20-17(8-9-27(13)22(28)16-6-5-7-18(31-3)19(16)23)21(26(2)25-20)14-10-15(12-24-11-14)32(4,29)30/h5-7,10-13H,8-9H2,1-4H3/t13-/m0/s1. The van der Waals surface area contributed by atoms with Crippen molar-refractivity contribution in [2.24, 2.45) is 7.05 Å². The van der Waals surface area contributed by atoms with E-state index in [-0.39, 0.29) is 21.9 Å². The lowest BCUT2D eigenvalue weighted by Crippen LogP contribution is -2.39. The number of carbonyl (C=O) groups is 1. The van der Waals surface area contributed by atoms with Crippen LogP contribution in [-0.2, 0) is 23.3 Å². The van der Waals surface area contributed by atoms with Crippen LogP contribution in [0.4, 0.5) is 0 Å². The lowest BCUT2D eigenvalue weighted by atomic mass is 9.95. The van der Waals surface area contributed by atoms with Gasteiger partial charge in [-0.1, -0.05) is 17.7 Å². The molecule has 1 aliphatic rings. The highest BCUT2D eigenvalue weighted by molar-refractivity contribution is 7.90. The topological polar surface area (TPSA) is 94.4 Å². The molecular weight excluding hydrogens is 452 g/mol. The van der Waals surface area contributed by atoms with Gasteiger partial charge in [-0.3, -0.25) is 14.5 Å². The van der Waals surface area contributed by atoms with Crippen LogP contribution in [0.15, 0.2) is 41.6 Å². The number of methoxy groups -OCH3 is 1. The summed E-state index contributed by atoms with van der Waals surface area (Å²) < 4.78 is 30.9. The van der Waals surface area contributed by atoms with E-state index in [4.69, 9.17) is 16.3 Å². The van der Waals surface area contributed by atoms with Gasteiger partial charge in [0.25, 0.3) is 5.91 Å². The number of pyridine rings is 1. The van der Waals surface area contributed by atoms with E-state index in [1.54, 1.807) is 47.1 Å². The second-order valence-corrected chi connectivity index (χ2v) is 10.2. The zero-order chi connectivity index (χ0) is 23.2. The van der Waals surface area contributed by atoms with E-state index in [0.29, 0.717) is 29.8 Å². The number of sulfone groups is 1. The molecule has 1 aromatic carbocycles. The quantitative estimate of drug-likeness (QED) is 0.575. The molecule has 0 spiro atoms. The average Bonchev–Trinajstić information content (AvgIpc) is 3.10. The molecule has 3 aromatic rings. The number of rotatable bonds is 4. The third-order valence-corrected chi connectivity index (χ3v) is 7.20. The van der Waals surface area contributed by atoms with Crippen LogP contribution in [0.3, 0.4) is 0 Å². The normalized spacial score (nSPS) is 16.0. The Labute approximate surface area is 191 Å². The summed E-state index contributed by atoms with van der Waals surface area (Å²) in [7, 11) is -0.0772. The van der Waals surface area contributed by atoms with Crippen LogP contribution in [0.5, 0.6) is 5.75 Å². The van der Waals surface area contributed by atoms with Crippen LogP contribution >= 0.6 is 11.6 Å². The van der Waals surface area contributed by atoms with Crippen molar-refractivity contribution in [3.63, 3.8) is 0 Å². The third-order valence-electron chi connectivity index (χ3n) is 5.73. The molecule has 10 heteroatoms. The average molecular weight is 475 g/mol. The number of benzene rings is 1. The van der Waals surface area contributed by atoms with E-state index >= 15 is 0 Å². The molecule has 0 N–H and O–H groups in total. The molecule has 1 atom stereocenters. The molecule has 1 amide bonds. The first-order valence-electron chi connectivity index (χ1n) is 9.98. The van der Waals surface area contributed by atoms with Gasteiger partial charge < -0.3 is 9.64 Å². The van der Waals surface area contributed by atoms with Crippen LogP contribution in [0.1, 0.15) is 34.6 Å². The summed E-state index contributed by atoms with van der Waals surface area (Å²) in [6, 6.07) is 6.44. The van der Waals surface area contributed by atoms with Crippen LogP contribution in [-0.4, -0.2) is 53.9 Å². The molecule has 0 aliphatic carbocycles. The predicted octanol–water partition coefficient (Wildman–Crippen LogP) is 3.31. The Morgan fingerprint density at radius 2 is 2.03 bits per heavy atom. The molecule has 0 unspecified atom stereocenters. The SMILES string of the molecule is COc1cccc(C(=O)N2CCc3c(nn(C)c3-c3cncc(S(C)(=O)=O)c3)[C@@H]2C)c1Cl. The minimum absolute atomic E-state index is 0.151. The minimum atomic E-state index is -3.39. The minimum Gasteiger partial charge on any atom is -0.495 e. The van der Waals surface area contributed by atoms with E-state index in [1.807, 2.05) is 6.92 Å². The van der Waals surface area contributed by atoms with Gasteiger partial charge in [0.15, 0.2) is 9.84 Å². The maximum atomic E-state index is 13.3. The van der Waals surface area contributed by atoms with E-state index in [2.05, 4.69) is 10.1 Å². The van der Waals surface area contributed by atoms with Crippen molar-refractivity contribution in [3.8, 4) is 17.0 Å². The fraction of sp³-hybridized carbons (Fsp3) is 0.318. The molecule has 168 valence electrons. The fourth-order valence-electron chi connectivity index (χ4n) is 4.12. The highest BCUT2D eigenvalue weighted by Crippen LogP contribution is 2.37. The highest BCUT2D eigenvalue weighted by Gasteiger charge is 2.34. The number of amides is 1. The van der Waals surface area contributed by atoms with Crippen LogP contribution in [0.25, 0.3) is 11.3 Å². The molecule has 3 heterocycles. The largest absolute Gasteiger partial charge is 0.495 e. The maximum Gasteiger partial charge on any atom is 0.256 e. The third kappa shape index (κ3) is 3.75. The van der Waals surface area contributed by atoms with Gasteiger partial charge in [-0.15, -0.1) is 0 Å². The lowest BCUT2D eigenvalue weighted by Gasteiger charge is -2.33. The molecule has 0 saturated carbocycles. The van der Waals surface area contributed by atoms with Crippen molar-refractivity contribution in [2.45, 2.75) is 24.3 Å². The van der Waals surface area contributed by atoms with Gasteiger partial charge in [0.05, 0.1) is 40.0 Å². The number of halogens is 1. The summed E-state index contributed by atoms with van der Waals surface area (Å²) in [5, 5.41) is 4.95. The van der Waals surface area contributed by atoms with Gasteiger partial charge in [-0.05, 0) is 31.5 Å². The molecule has 8 nitrogen and oxygen atoms in total. The zero-order valence-electron chi connectivity index (χ0n) is 18.2. The van der Waals surface area contributed by atoms with Crippen molar-refractivity contribution in [1.82, 2.24) is 19.7 Å². The van der Waals surface area contributed by atoms with Crippen LogP contribution in [0, 0.1) is 0 Å². The molecule has 32 heavy (non-hydrogen) atoms. The maximum absolute atomic E-state index is 13.3. The molecule has 0 saturated heterocycles. The summed E-state index contributed by atoms with van der Waals surface area (Å²) in [4.78, 5) is 19.3. The lowest BCUT2D eigenvalue weighted by molar-refractivity contribution is 0.0673. The molecule has 0 bridgehead atoms. The molecule has 0 fully saturated rings. The number of aromatic nitrogens is 3. The second-order valence-electron chi connectivity index (χ2n) is 7.76. The first-order valence-corrected chi connectivity index (χ1v) is 12.2. The first kappa shape index (κ1) is 22.3. The fourth-order valence-corrected chi connectivity index (χ4v) is 5.00. The highest BCUT2D eigenvalue weighted by atomic mass is 35.5. The predicted molar refractivity (Wildman–Crippen MR) is 121 cm³/mol. The Kier molecular flexibility index (Phi) is 5.72. The summed E-state index contributed by atoms with van der Waals surface area (Å²) in [5.41, 5.74) is 3.60. The van der Waals surface area contributed by atoms with Crippen LogP contribution < -0.4 is 4.74 Å². The summed E-state index contributed by atoms with van der Waals surface area (Å²) in [5.74, 6) is 0.251. The molecule has 0 radical (unpaired) electrons. The van der Waals surface area contributed by atoms with E-state index < -0.39 is 9.84 Å².